The Hall–Kier alpha value is -1.54. The normalized spacial score (nSPS) is 15.5. The van der Waals surface area contributed by atoms with Crippen molar-refractivity contribution >= 4 is 8.32 Å². The lowest BCUT2D eigenvalue weighted by Gasteiger charge is -2.40. The van der Waals surface area contributed by atoms with E-state index in [0.717, 1.165) is 11.3 Å². The number of benzene rings is 1. The molecule has 150 valence electrons. The number of hydrogen-bond acceptors (Lipinski definition) is 3. The molecule has 1 aromatic rings. The minimum Gasteiger partial charge on any atom is -0.497 e. The largest absolute Gasteiger partial charge is 0.497 e. The fraction of sp³-hybridized carbons (Fsp3) is 0.565. The first-order valence-electron chi connectivity index (χ1n) is 9.53. The summed E-state index contributed by atoms with van der Waals surface area (Å²) in [6.07, 6.45) is 7.52. The number of terminal acetylenes is 1. The molecule has 1 rings (SSSR count). The van der Waals surface area contributed by atoms with Gasteiger partial charge in [-0.1, -0.05) is 51.8 Å². The molecule has 4 heteroatoms. The summed E-state index contributed by atoms with van der Waals surface area (Å²) in [5.74, 6) is 3.97. The van der Waals surface area contributed by atoms with Crippen LogP contribution in [0, 0.1) is 24.2 Å². The highest BCUT2D eigenvalue weighted by molar-refractivity contribution is 6.74. The van der Waals surface area contributed by atoms with Gasteiger partial charge in [0.25, 0.3) is 0 Å². The Kier molecular flexibility index (Phi) is 8.81. The zero-order valence-corrected chi connectivity index (χ0v) is 19.0. The molecule has 0 saturated heterocycles. The van der Waals surface area contributed by atoms with Gasteiger partial charge in [0, 0.05) is 11.8 Å². The van der Waals surface area contributed by atoms with Crippen LogP contribution in [0.5, 0.6) is 5.75 Å². The van der Waals surface area contributed by atoms with Crippen molar-refractivity contribution in [3.05, 3.63) is 42.5 Å². The van der Waals surface area contributed by atoms with Gasteiger partial charge in [0.1, 0.15) is 11.9 Å². The van der Waals surface area contributed by atoms with E-state index >= 15 is 0 Å². The van der Waals surface area contributed by atoms with Crippen molar-refractivity contribution in [2.45, 2.75) is 58.5 Å². The van der Waals surface area contributed by atoms with Crippen LogP contribution in [0.25, 0.3) is 0 Å². The number of ether oxygens (including phenoxy) is 2. The van der Waals surface area contributed by atoms with E-state index in [4.69, 9.17) is 20.3 Å². The average molecular weight is 389 g/mol. The number of hydrogen-bond donors (Lipinski definition) is 0. The molecule has 0 aliphatic heterocycles. The Labute approximate surface area is 167 Å². The van der Waals surface area contributed by atoms with Gasteiger partial charge < -0.3 is 13.9 Å². The van der Waals surface area contributed by atoms with Crippen molar-refractivity contribution in [3.63, 3.8) is 0 Å². The van der Waals surface area contributed by atoms with Crippen molar-refractivity contribution in [1.29, 1.82) is 0 Å². The summed E-state index contributed by atoms with van der Waals surface area (Å²) in [5.41, 5.74) is 1.11. The molecule has 0 N–H and O–H groups in total. The second-order valence-electron chi connectivity index (χ2n) is 8.59. The quantitative estimate of drug-likeness (QED) is 0.293. The van der Waals surface area contributed by atoms with Crippen LogP contribution in [0.15, 0.2) is 36.9 Å². The molecule has 1 aromatic carbocycles. The van der Waals surface area contributed by atoms with E-state index in [1.54, 1.807) is 7.11 Å². The summed E-state index contributed by atoms with van der Waals surface area (Å²) < 4.78 is 17.6. The van der Waals surface area contributed by atoms with Gasteiger partial charge in [-0.2, -0.15) is 0 Å². The van der Waals surface area contributed by atoms with E-state index in [0.29, 0.717) is 13.2 Å². The minimum absolute atomic E-state index is 0.121. The SMILES string of the molecule is C#C[C@H](O[Si](C)(C)C(C)(C)C)[C@H](C)[C@@H](C=C)COCc1ccc(OC)cc1. The van der Waals surface area contributed by atoms with Gasteiger partial charge in [-0.15, -0.1) is 13.0 Å². The molecule has 0 unspecified atom stereocenters. The van der Waals surface area contributed by atoms with Crippen molar-refractivity contribution < 1.29 is 13.9 Å². The Morgan fingerprint density at radius 1 is 1.22 bits per heavy atom. The van der Waals surface area contributed by atoms with Crippen LogP contribution in [0.4, 0.5) is 0 Å². The highest BCUT2D eigenvalue weighted by Gasteiger charge is 2.40. The molecule has 0 aliphatic carbocycles. The molecule has 0 heterocycles. The van der Waals surface area contributed by atoms with Gasteiger partial charge in [-0.3, -0.25) is 0 Å². The summed E-state index contributed by atoms with van der Waals surface area (Å²) in [7, 11) is -0.271. The van der Waals surface area contributed by atoms with E-state index in [-0.39, 0.29) is 23.0 Å². The highest BCUT2D eigenvalue weighted by Crippen LogP contribution is 2.38. The van der Waals surface area contributed by atoms with Crippen molar-refractivity contribution in [1.82, 2.24) is 0 Å². The molecule has 0 amide bonds. The summed E-state index contributed by atoms with van der Waals surface area (Å²) in [6, 6.07) is 7.90. The van der Waals surface area contributed by atoms with Crippen molar-refractivity contribution in [3.8, 4) is 18.1 Å². The van der Waals surface area contributed by atoms with Gasteiger partial charge in [0.05, 0.1) is 20.3 Å². The molecule has 3 nitrogen and oxygen atoms in total. The van der Waals surface area contributed by atoms with E-state index in [1.165, 1.54) is 0 Å². The number of rotatable bonds is 10. The average Bonchev–Trinajstić information content (AvgIpc) is 2.62. The standard InChI is InChI=1S/C23H36O3Si/c1-10-20(17-25-16-19-12-14-21(24-7)15-13-19)18(3)22(11-2)26-27(8,9)23(4,5)6/h2,10,12-15,18,20,22H,1,16-17H2,3-9H3/t18-,20+,22+/m1/s1. The van der Waals surface area contributed by atoms with Crippen LogP contribution in [0.2, 0.25) is 18.1 Å². The predicted octanol–water partition coefficient (Wildman–Crippen LogP) is 5.67. The molecular weight excluding hydrogens is 352 g/mol. The molecule has 0 fully saturated rings. The van der Waals surface area contributed by atoms with Crippen LogP contribution in [0.3, 0.4) is 0 Å². The maximum absolute atomic E-state index is 6.47. The summed E-state index contributed by atoms with van der Waals surface area (Å²) >= 11 is 0. The first-order chi connectivity index (χ1) is 12.6. The molecule has 27 heavy (non-hydrogen) atoms. The smallest absolute Gasteiger partial charge is 0.193 e. The minimum atomic E-state index is -1.93. The van der Waals surface area contributed by atoms with Gasteiger partial charge in [0.2, 0.25) is 0 Å². The predicted molar refractivity (Wildman–Crippen MR) is 116 cm³/mol. The maximum Gasteiger partial charge on any atom is 0.193 e. The van der Waals surface area contributed by atoms with E-state index in [9.17, 15) is 0 Å². The fourth-order valence-corrected chi connectivity index (χ4v) is 3.75. The van der Waals surface area contributed by atoms with E-state index in [1.807, 2.05) is 30.3 Å². The summed E-state index contributed by atoms with van der Waals surface area (Å²) in [5, 5.41) is 0.121. The molecular formula is C23H36O3Si. The van der Waals surface area contributed by atoms with Gasteiger partial charge >= 0.3 is 0 Å². The molecule has 3 atom stereocenters. The van der Waals surface area contributed by atoms with E-state index < -0.39 is 8.32 Å². The Morgan fingerprint density at radius 3 is 2.26 bits per heavy atom. The monoisotopic (exact) mass is 388 g/mol. The molecule has 0 spiro atoms. The lowest BCUT2D eigenvalue weighted by Crippen LogP contribution is -2.46. The third kappa shape index (κ3) is 6.84. The first-order valence-corrected chi connectivity index (χ1v) is 12.4. The van der Waals surface area contributed by atoms with Crippen molar-refractivity contribution in [2.75, 3.05) is 13.7 Å². The van der Waals surface area contributed by atoms with Crippen LogP contribution in [0.1, 0.15) is 33.3 Å². The zero-order valence-electron chi connectivity index (χ0n) is 18.0. The summed E-state index contributed by atoms with van der Waals surface area (Å²) in [4.78, 5) is 0. The maximum atomic E-state index is 6.47. The molecule has 0 bridgehead atoms. The second-order valence-corrected chi connectivity index (χ2v) is 13.3. The van der Waals surface area contributed by atoms with Gasteiger partial charge in [-0.05, 0) is 35.8 Å². The number of methoxy groups -OCH3 is 1. The third-order valence-electron chi connectivity index (χ3n) is 5.59. The summed E-state index contributed by atoms with van der Waals surface area (Å²) in [6.45, 7) is 18.3. The van der Waals surface area contributed by atoms with Crippen LogP contribution in [-0.4, -0.2) is 28.1 Å². The first kappa shape index (κ1) is 23.5. The lowest BCUT2D eigenvalue weighted by molar-refractivity contribution is 0.0603. The molecule has 0 saturated carbocycles. The Balaban J connectivity index is 2.66. The highest BCUT2D eigenvalue weighted by atomic mass is 28.4. The fourth-order valence-electron chi connectivity index (χ4n) is 2.48. The van der Waals surface area contributed by atoms with Gasteiger partial charge in [-0.25, -0.2) is 0 Å². The topological polar surface area (TPSA) is 27.7 Å². The Morgan fingerprint density at radius 2 is 1.81 bits per heavy atom. The molecule has 0 aromatic heterocycles. The van der Waals surface area contributed by atoms with Gasteiger partial charge in [0.15, 0.2) is 8.32 Å². The van der Waals surface area contributed by atoms with Crippen LogP contribution in [-0.2, 0) is 15.8 Å². The Bertz CT molecular complexity index is 623. The van der Waals surface area contributed by atoms with E-state index in [2.05, 4.69) is 53.3 Å². The molecule has 0 aliphatic rings. The van der Waals surface area contributed by atoms with Crippen molar-refractivity contribution in [2.24, 2.45) is 11.8 Å². The third-order valence-corrected chi connectivity index (χ3v) is 10.0. The zero-order chi connectivity index (χ0) is 20.7. The lowest BCUT2D eigenvalue weighted by atomic mass is 9.90. The second kappa shape index (κ2) is 10.1. The molecule has 0 radical (unpaired) electrons. The van der Waals surface area contributed by atoms with Crippen LogP contribution >= 0.6 is 0 Å². The van der Waals surface area contributed by atoms with Crippen LogP contribution < -0.4 is 4.74 Å².